The Morgan fingerprint density at radius 3 is 2.75 bits per heavy atom. The highest BCUT2D eigenvalue weighted by Crippen LogP contribution is 2.26. The molecule has 148 valence electrons. The molecule has 2 aromatic heterocycles. The SMILES string of the molecule is Cc1c[nH]c(C(=O)NC2CCCC2CNC(=O)c2c3c(c[nH]c2=O)CCC3)c1. The molecule has 2 aromatic rings. The molecule has 2 unspecified atom stereocenters. The second-order valence-corrected chi connectivity index (χ2v) is 7.92. The lowest BCUT2D eigenvalue weighted by Crippen LogP contribution is -2.43. The number of carbonyl (C=O) groups excluding carboxylic acids is 2. The first-order valence-corrected chi connectivity index (χ1v) is 10.0. The first-order chi connectivity index (χ1) is 13.5. The molecule has 0 aromatic carbocycles. The van der Waals surface area contributed by atoms with Crippen molar-refractivity contribution in [1.29, 1.82) is 0 Å². The molecule has 0 saturated heterocycles. The van der Waals surface area contributed by atoms with E-state index in [-0.39, 0.29) is 34.9 Å². The molecule has 1 saturated carbocycles. The molecule has 0 spiro atoms. The van der Waals surface area contributed by atoms with Crippen molar-refractivity contribution < 1.29 is 9.59 Å². The highest BCUT2D eigenvalue weighted by Gasteiger charge is 2.30. The predicted octanol–water partition coefficient (Wildman–Crippen LogP) is 1.83. The zero-order chi connectivity index (χ0) is 19.7. The number of aryl methyl sites for hydroxylation is 2. The van der Waals surface area contributed by atoms with Crippen molar-refractivity contribution in [3.63, 3.8) is 0 Å². The lowest BCUT2D eigenvalue weighted by molar-refractivity contribution is 0.0918. The number of H-pyrrole nitrogens is 2. The van der Waals surface area contributed by atoms with Gasteiger partial charge in [0.2, 0.25) is 0 Å². The average molecular weight is 382 g/mol. The summed E-state index contributed by atoms with van der Waals surface area (Å²) in [6.45, 7) is 2.39. The van der Waals surface area contributed by atoms with Gasteiger partial charge in [-0.1, -0.05) is 6.42 Å². The fourth-order valence-corrected chi connectivity index (χ4v) is 4.48. The van der Waals surface area contributed by atoms with Gasteiger partial charge in [0, 0.05) is 25.0 Å². The minimum absolute atomic E-state index is 0.0242. The van der Waals surface area contributed by atoms with Crippen LogP contribution in [0.15, 0.2) is 23.3 Å². The van der Waals surface area contributed by atoms with Crippen LogP contribution < -0.4 is 16.2 Å². The van der Waals surface area contributed by atoms with Gasteiger partial charge in [0.05, 0.1) is 0 Å². The maximum atomic E-state index is 12.7. The topological polar surface area (TPSA) is 107 Å². The van der Waals surface area contributed by atoms with Crippen LogP contribution in [0.5, 0.6) is 0 Å². The summed E-state index contributed by atoms with van der Waals surface area (Å²) in [5, 5.41) is 6.03. The summed E-state index contributed by atoms with van der Waals surface area (Å²) in [4.78, 5) is 43.0. The van der Waals surface area contributed by atoms with Crippen molar-refractivity contribution in [3.8, 4) is 0 Å². The number of amides is 2. The van der Waals surface area contributed by atoms with Crippen LogP contribution in [0, 0.1) is 12.8 Å². The fourth-order valence-electron chi connectivity index (χ4n) is 4.48. The Morgan fingerprint density at radius 1 is 1.11 bits per heavy atom. The van der Waals surface area contributed by atoms with Crippen LogP contribution in [0.4, 0.5) is 0 Å². The quantitative estimate of drug-likeness (QED) is 0.634. The van der Waals surface area contributed by atoms with Crippen LogP contribution in [-0.4, -0.2) is 34.4 Å². The van der Waals surface area contributed by atoms with E-state index in [1.807, 2.05) is 13.0 Å². The van der Waals surface area contributed by atoms with Crippen LogP contribution >= 0.6 is 0 Å². The smallest absolute Gasteiger partial charge is 0.267 e. The van der Waals surface area contributed by atoms with E-state index in [0.717, 1.165) is 55.2 Å². The summed E-state index contributed by atoms with van der Waals surface area (Å²) >= 11 is 0. The molecular formula is C21H26N4O3. The number of fused-ring (bicyclic) bond motifs is 1. The highest BCUT2D eigenvalue weighted by atomic mass is 16.2. The zero-order valence-electron chi connectivity index (χ0n) is 16.1. The summed E-state index contributed by atoms with van der Waals surface area (Å²) in [6, 6.07) is 1.85. The third-order valence-corrected chi connectivity index (χ3v) is 5.97. The molecule has 7 nitrogen and oxygen atoms in total. The van der Waals surface area contributed by atoms with Gasteiger partial charge in [-0.2, -0.15) is 0 Å². The van der Waals surface area contributed by atoms with Crippen molar-refractivity contribution in [2.45, 2.75) is 51.5 Å². The summed E-state index contributed by atoms with van der Waals surface area (Å²) < 4.78 is 0. The Labute approximate surface area is 163 Å². The molecule has 0 bridgehead atoms. The Kier molecular flexibility index (Phi) is 5.07. The third kappa shape index (κ3) is 3.61. The molecule has 28 heavy (non-hydrogen) atoms. The summed E-state index contributed by atoms with van der Waals surface area (Å²) in [7, 11) is 0. The van der Waals surface area contributed by atoms with Crippen LogP contribution in [0.25, 0.3) is 0 Å². The molecular weight excluding hydrogens is 356 g/mol. The molecule has 0 aliphatic heterocycles. The number of aromatic nitrogens is 2. The number of pyridine rings is 1. The molecule has 4 rings (SSSR count). The number of aromatic amines is 2. The summed E-state index contributed by atoms with van der Waals surface area (Å²) in [5.74, 6) is -0.259. The van der Waals surface area contributed by atoms with E-state index in [9.17, 15) is 14.4 Å². The second kappa shape index (κ2) is 7.66. The normalized spacial score (nSPS) is 20.8. The van der Waals surface area contributed by atoms with Gasteiger partial charge in [-0.25, -0.2) is 0 Å². The predicted molar refractivity (Wildman–Crippen MR) is 106 cm³/mol. The number of carbonyl (C=O) groups is 2. The van der Waals surface area contributed by atoms with E-state index in [1.165, 1.54) is 0 Å². The summed E-state index contributed by atoms with van der Waals surface area (Å²) in [6.07, 6.45) is 9.04. The number of hydrogen-bond acceptors (Lipinski definition) is 3. The largest absolute Gasteiger partial charge is 0.357 e. The maximum Gasteiger partial charge on any atom is 0.267 e. The minimum Gasteiger partial charge on any atom is -0.357 e. The molecule has 2 heterocycles. The van der Waals surface area contributed by atoms with Gasteiger partial charge in [0.15, 0.2) is 0 Å². The van der Waals surface area contributed by atoms with Crippen molar-refractivity contribution in [3.05, 3.63) is 56.8 Å². The summed E-state index contributed by atoms with van der Waals surface area (Å²) in [5.41, 5.74) is 3.46. The highest BCUT2D eigenvalue weighted by molar-refractivity contribution is 5.96. The van der Waals surface area contributed by atoms with Gasteiger partial charge < -0.3 is 20.6 Å². The van der Waals surface area contributed by atoms with E-state index in [2.05, 4.69) is 20.6 Å². The Bertz CT molecular complexity index is 959. The van der Waals surface area contributed by atoms with Crippen molar-refractivity contribution >= 4 is 11.8 Å². The molecule has 4 N–H and O–H groups in total. The third-order valence-electron chi connectivity index (χ3n) is 5.97. The Hall–Kier alpha value is -2.83. The zero-order valence-corrected chi connectivity index (χ0v) is 16.1. The molecule has 2 aliphatic carbocycles. The molecule has 2 aliphatic rings. The monoisotopic (exact) mass is 382 g/mol. The number of nitrogens with one attached hydrogen (secondary N) is 4. The fraction of sp³-hybridized carbons (Fsp3) is 0.476. The van der Waals surface area contributed by atoms with Crippen LogP contribution in [0.1, 0.15) is 63.2 Å². The van der Waals surface area contributed by atoms with Gasteiger partial charge in [0.1, 0.15) is 11.3 Å². The number of rotatable bonds is 5. The van der Waals surface area contributed by atoms with Crippen molar-refractivity contribution in [2.75, 3.05) is 6.54 Å². The van der Waals surface area contributed by atoms with Crippen molar-refractivity contribution in [2.24, 2.45) is 5.92 Å². The van der Waals surface area contributed by atoms with Crippen LogP contribution in [0.3, 0.4) is 0 Å². The first kappa shape index (κ1) is 18.5. The second-order valence-electron chi connectivity index (χ2n) is 7.92. The van der Waals surface area contributed by atoms with E-state index < -0.39 is 0 Å². The molecule has 0 radical (unpaired) electrons. The van der Waals surface area contributed by atoms with Gasteiger partial charge >= 0.3 is 0 Å². The molecule has 1 fully saturated rings. The lowest BCUT2D eigenvalue weighted by Gasteiger charge is -2.21. The van der Waals surface area contributed by atoms with E-state index in [0.29, 0.717) is 12.2 Å². The van der Waals surface area contributed by atoms with Gasteiger partial charge in [-0.05, 0) is 67.7 Å². The van der Waals surface area contributed by atoms with Crippen LogP contribution in [0.2, 0.25) is 0 Å². The van der Waals surface area contributed by atoms with Gasteiger partial charge in [-0.15, -0.1) is 0 Å². The standard InChI is InChI=1S/C21H26N4O3/c1-12-8-17(22-9-12)19(26)25-16-7-3-5-14(16)11-24-21(28)18-15-6-2-4-13(15)10-23-20(18)27/h8-10,14,16,22H,2-7,11H2,1H3,(H,23,27)(H,24,28)(H,25,26). The van der Waals surface area contributed by atoms with Gasteiger partial charge in [0.25, 0.3) is 17.4 Å². The van der Waals surface area contributed by atoms with E-state index in [1.54, 1.807) is 12.4 Å². The first-order valence-electron chi connectivity index (χ1n) is 10.0. The van der Waals surface area contributed by atoms with E-state index >= 15 is 0 Å². The molecule has 7 heteroatoms. The maximum absolute atomic E-state index is 12.7. The van der Waals surface area contributed by atoms with Crippen molar-refractivity contribution in [1.82, 2.24) is 20.6 Å². The van der Waals surface area contributed by atoms with E-state index in [4.69, 9.17) is 0 Å². The molecule has 2 amide bonds. The average Bonchev–Trinajstić information content (AvgIpc) is 3.40. The number of hydrogen-bond donors (Lipinski definition) is 4. The lowest BCUT2D eigenvalue weighted by atomic mass is 10.0. The Balaban J connectivity index is 1.39. The van der Waals surface area contributed by atoms with Gasteiger partial charge in [-0.3, -0.25) is 14.4 Å². The molecule has 2 atom stereocenters. The Morgan fingerprint density at radius 2 is 1.96 bits per heavy atom. The minimum atomic E-state index is -0.323. The van der Waals surface area contributed by atoms with Crippen LogP contribution in [-0.2, 0) is 12.8 Å².